The van der Waals surface area contributed by atoms with E-state index >= 15 is 0 Å². The molecule has 1 aromatic heterocycles. The zero-order chi connectivity index (χ0) is 14.5. The summed E-state index contributed by atoms with van der Waals surface area (Å²) in [6.45, 7) is 6.69. The van der Waals surface area contributed by atoms with Crippen molar-refractivity contribution in [1.82, 2.24) is 9.88 Å². The molecule has 114 valence electrons. The van der Waals surface area contributed by atoms with Crippen molar-refractivity contribution < 1.29 is 4.74 Å². The van der Waals surface area contributed by atoms with Crippen LogP contribution >= 0.6 is 11.3 Å². The molecule has 20 heavy (non-hydrogen) atoms. The average molecular weight is 298 g/mol. The summed E-state index contributed by atoms with van der Waals surface area (Å²) in [7, 11) is 3.91. The minimum atomic E-state index is 0.537. The number of hydrogen-bond donors (Lipinski definition) is 1. The van der Waals surface area contributed by atoms with Crippen molar-refractivity contribution in [2.75, 3.05) is 38.7 Å². The lowest BCUT2D eigenvalue weighted by atomic mass is 10.2. The van der Waals surface area contributed by atoms with Crippen LogP contribution in [0, 0.1) is 0 Å². The molecule has 1 aromatic rings. The first kappa shape index (κ1) is 15.7. The Morgan fingerprint density at radius 2 is 2.25 bits per heavy atom. The first-order valence-electron chi connectivity index (χ1n) is 7.32. The molecule has 0 spiro atoms. The van der Waals surface area contributed by atoms with Gasteiger partial charge in [-0.2, -0.15) is 0 Å². The van der Waals surface area contributed by atoms with Gasteiger partial charge in [-0.15, -0.1) is 11.3 Å². The van der Waals surface area contributed by atoms with Crippen molar-refractivity contribution in [3.8, 4) is 0 Å². The molecule has 0 saturated carbocycles. The molecule has 1 unspecified atom stereocenters. The van der Waals surface area contributed by atoms with Crippen molar-refractivity contribution in [2.24, 2.45) is 5.73 Å². The Labute approximate surface area is 125 Å². The predicted molar refractivity (Wildman–Crippen MR) is 84.3 cm³/mol. The fourth-order valence-corrected chi connectivity index (χ4v) is 3.79. The summed E-state index contributed by atoms with van der Waals surface area (Å²) >= 11 is 1.73. The van der Waals surface area contributed by atoms with Gasteiger partial charge in [-0.25, -0.2) is 4.98 Å². The van der Waals surface area contributed by atoms with Crippen molar-refractivity contribution in [1.29, 1.82) is 0 Å². The second-order valence-electron chi connectivity index (χ2n) is 5.37. The fraction of sp³-hybridized carbons (Fsp3) is 0.786. The van der Waals surface area contributed by atoms with E-state index in [-0.39, 0.29) is 0 Å². The topological polar surface area (TPSA) is 54.6 Å². The molecule has 0 bridgehead atoms. The van der Waals surface area contributed by atoms with Crippen LogP contribution in [-0.2, 0) is 17.9 Å². The molecule has 1 aliphatic heterocycles. The Kier molecular flexibility index (Phi) is 5.77. The first-order chi connectivity index (χ1) is 9.69. The van der Waals surface area contributed by atoms with E-state index in [9.17, 15) is 0 Å². The van der Waals surface area contributed by atoms with E-state index in [0.717, 1.165) is 41.8 Å². The Morgan fingerprint density at radius 3 is 2.90 bits per heavy atom. The van der Waals surface area contributed by atoms with Crippen LogP contribution in [0.3, 0.4) is 0 Å². The van der Waals surface area contributed by atoms with Crippen molar-refractivity contribution in [2.45, 2.75) is 39.0 Å². The highest BCUT2D eigenvalue weighted by atomic mass is 32.1. The van der Waals surface area contributed by atoms with E-state index in [1.807, 2.05) is 0 Å². The summed E-state index contributed by atoms with van der Waals surface area (Å²) in [6, 6.07) is 0.537. The summed E-state index contributed by atoms with van der Waals surface area (Å²) in [5.41, 5.74) is 6.83. The van der Waals surface area contributed by atoms with Crippen molar-refractivity contribution in [3.05, 3.63) is 10.6 Å². The molecule has 1 fully saturated rings. The maximum absolute atomic E-state index is 5.83. The van der Waals surface area contributed by atoms with Gasteiger partial charge in [0.2, 0.25) is 0 Å². The van der Waals surface area contributed by atoms with E-state index in [2.05, 4.69) is 23.8 Å². The lowest BCUT2D eigenvalue weighted by Crippen LogP contribution is -2.39. The second kappa shape index (κ2) is 7.36. The molecule has 5 nitrogen and oxygen atoms in total. The van der Waals surface area contributed by atoms with Gasteiger partial charge in [0.05, 0.1) is 12.3 Å². The van der Waals surface area contributed by atoms with Gasteiger partial charge in [-0.3, -0.25) is 0 Å². The molecule has 1 atom stereocenters. The molecular weight excluding hydrogens is 272 g/mol. The van der Waals surface area contributed by atoms with Crippen LogP contribution < -0.4 is 10.6 Å². The van der Waals surface area contributed by atoms with Crippen LogP contribution in [-0.4, -0.2) is 49.7 Å². The highest BCUT2D eigenvalue weighted by molar-refractivity contribution is 7.15. The zero-order valence-electron chi connectivity index (χ0n) is 12.8. The second-order valence-corrected chi connectivity index (χ2v) is 6.44. The third-order valence-corrected chi connectivity index (χ3v) is 5.01. The lowest BCUT2D eigenvalue weighted by Gasteiger charge is -2.29. The number of aromatic nitrogens is 1. The van der Waals surface area contributed by atoms with Crippen LogP contribution in [0.25, 0.3) is 0 Å². The predicted octanol–water partition coefficient (Wildman–Crippen LogP) is 1.67. The number of hydrogen-bond acceptors (Lipinski definition) is 6. The molecule has 2 heterocycles. The van der Waals surface area contributed by atoms with Crippen molar-refractivity contribution >= 4 is 16.5 Å². The normalized spacial score (nSPS) is 21.2. The standard InChI is InChI=1S/C14H26N4OS/c1-4-11-9-17(2)6-5-7-18(11)14-16-12(10-19-3)13(8-15)20-14/h11H,4-10,15H2,1-3H3. The molecule has 0 amide bonds. The van der Waals surface area contributed by atoms with Gasteiger partial charge in [-0.1, -0.05) is 6.92 Å². The third kappa shape index (κ3) is 3.49. The molecule has 0 aliphatic carbocycles. The molecule has 2 rings (SSSR count). The number of rotatable bonds is 5. The number of nitrogens with zero attached hydrogens (tertiary/aromatic N) is 3. The van der Waals surface area contributed by atoms with Gasteiger partial charge >= 0.3 is 0 Å². The van der Waals surface area contributed by atoms with E-state index < -0.39 is 0 Å². The molecule has 0 aromatic carbocycles. The van der Waals surface area contributed by atoms with Crippen LogP contribution in [0.5, 0.6) is 0 Å². The third-order valence-electron chi connectivity index (χ3n) is 3.85. The molecular formula is C14H26N4OS. The summed E-state index contributed by atoms with van der Waals surface area (Å²) < 4.78 is 5.23. The number of anilines is 1. The van der Waals surface area contributed by atoms with Crippen LogP contribution in [0.4, 0.5) is 5.13 Å². The quantitative estimate of drug-likeness (QED) is 0.896. The lowest BCUT2D eigenvalue weighted by molar-refractivity contribution is 0.181. The number of thiazole rings is 1. The van der Waals surface area contributed by atoms with Crippen LogP contribution in [0.15, 0.2) is 0 Å². The minimum Gasteiger partial charge on any atom is -0.378 e. The zero-order valence-corrected chi connectivity index (χ0v) is 13.6. The first-order valence-corrected chi connectivity index (χ1v) is 8.14. The van der Waals surface area contributed by atoms with Crippen molar-refractivity contribution in [3.63, 3.8) is 0 Å². The van der Waals surface area contributed by atoms with E-state index in [4.69, 9.17) is 15.5 Å². The Bertz CT molecular complexity index is 423. The largest absolute Gasteiger partial charge is 0.378 e. The average Bonchev–Trinajstić information content (AvgIpc) is 2.74. The molecule has 0 radical (unpaired) electrons. The summed E-state index contributed by atoms with van der Waals surface area (Å²) in [4.78, 5) is 10.8. The van der Waals surface area contributed by atoms with E-state index in [1.165, 1.54) is 6.42 Å². The van der Waals surface area contributed by atoms with Gasteiger partial charge in [0, 0.05) is 37.7 Å². The smallest absolute Gasteiger partial charge is 0.186 e. The number of likely N-dealkylation sites (N-methyl/N-ethyl adjacent to an activating group) is 1. The molecule has 6 heteroatoms. The Morgan fingerprint density at radius 1 is 1.45 bits per heavy atom. The van der Waals surface area contributed by atoms with Gasteiger partial charge in [-0.05, 0) is 26.4 Å². The van der Waals surface area contributed by atoms with Gasteiger partial charge in [0.25, 0.3) is 0 Å². The number of nitrogens with two attached hydrogens (primary N) is 1. The van der Waals surface area contributed by atoms with Gasteiger partial charge in [0.1, 0.15) is 0 Å². The summed E-state index contributed by atoms with van der Waals surface area (Å²) in [5.74, 6) is 0. The van der Waals surface area contributed by atoms with Crippen LogP contribution in [0.2, 0.25) is 0 Å². The minimum absolute atomic E-state index is 0.537. The van der Waals surface area contributed by atoms with E-state index in [0.29, 0.717) is 19.2 Å². The summed E-state index contributed by atoms with van der Waals surface area (Å²) in [5, 5.41) is 1.11. The monoisotopic (exact) mass is 298 g/mol. The van der Waals surface area contributed by atoms with Crippen LogP contribution in [0.1, 0.15) is 30.3 Å². The number of methoxy groups -OCH3 is 1. The molecule has 1 aliphatic rings. The Hall–Kier alpha value is -0.690. The number of ether oxygens (including phenoxy) is 1. The fourth-order valence-electron chi connectivity index (χ4n) is 2.75. The highest BCUT2D eigenvalue weighted by Gasteiger charge is 2.25. The highest BCUT2D eigenvalue weighted by Crippen LogP contribution is 2.30. The molecule has 2 N–H and O–H groups in total. The van der Waals surface area contributed by atoms with Gasteiger partial charge < -0.3 is 20.3 Å². The molecule has 1 saturated heterocycles. The summed E-state index contributed by atoms with van der Waals surface area (Å²) in [6.07, 6.45) is 2.33. The SMILES string of the molecule is CCC1CN(C)CCCN1c1nc(COC)c(CN)s1. The maximum atomic E-state index is 5.83. The van der Waals surface area contributed by atoms with Gasteiger partial charge in [0.15, 0.2) is 5.13 Å². The maximum Gasteiger partial charge on any atom is 0.186 e. The van der Waals surface area contributed by atoms with E-state index in [1.54, 1.807) is 18.4 Å². The Balaban J connectivity index is 2.23.